The molecule has 2 aromatic carbocycles. The van der Waals surface area contributed by atoms with E-state index in [0.717, 1.165) is 12.0 Å². The zero-order valence-corrected chi connectivity index (χ0v) is 16.1. The number of hydrogen-bond donors (Lipinski definition) is 1. The van der Waals surface area contributed by atoms with Crippen LogP contribution in [0.1, 0.15) is 18.1 Å². The van der Waals surface area contributed by atoms with E-state index in [2.05, 4.69) is 11.2 Å². The number of rotatable bonds is 6. The summed E-state index contributed by atoms with van der Waals surface area (Å²) < 4.78 is 5.28. The fourth-order valence-corrected chi connectivity index (χ4v) is 2.87. The van der Waals surface area contributed by atoms with E-state index < -0.39 is 5.91 Å². The highest BCUT2D eigenvalue weighted by molar-refractivity contribution is 6.37. The van der Waals surface area contributed by atoms with Gasteiger partial charge in [-0.3, -0.25) is 4.79 Å². The first-order valence-electron chi connectivity index (χ1n) is 8.05. The average Bonchev–Trinajstić information content (AvgIpc) is 2.66. The van der Waals surface area contributed by atoms with Crippen LogP contribution in [0.2, 0.25) is 10.0 Å². The van der Waals surface area contributed by atoms with Crippen molar-refractivity contribution in [3.05, 3.63) is 63.1 Å². The highest BCUT2D eigenvalue weighted by Crippen LogP contribution is 2.34. The van der Waals surface area contributed by atoms with Gasteiger partial charge in [0.15, 0.2) is 5.75 Å². The molecule has 0 heterocycles. The highest BCUT2D eigenvalue weighted by Gasteiger charge is 2.13. The second-order valence-electron chi connectivity index (χ2n) is 5.48. The molecule has 27 heavy (non-hydrogen) atoms. The van der Waals surface area contributed by atoms with Crippen LogP contribution in [0.4, 0.5) is 5.69 Å². The summed E-state index contributed by atoms with van der Waals surface area (Å²) in [6, 6.07) is 12.4. The molecular formula is C21H16Cl2N2O2. The maximum absolute atomic E-state index is 12.4. The molecule has 0 saturated heterocycles. The predicted molar refractivity (Wildman–Crippen MR) is 109 cm³/mol. The number of aryl methyl sites for hydroxylation is 1. The Hall–Kier alpha value is -2.92. The quantitative estimate of drug-likeness (QED) is 0.417. The van der Waals surface area contributed by atoms with Crippen LogP contribution in [-0.2, 0) is 11.2 Å². The fourth-order valence-electron chi connectivity index (χ4n) is 2.25. The number of terminal acetylenes is 1. The Balaban J connectivity index is 2.23. The van der Waals surface area contributed by atoms with Crippen molar-refractivity contribution < 1.29 is 9.53 Å². The Morgan fingerprint density at radius 2 is 1.89 bits per heavy atom. The van der Waals surface area contributed by atoms with Crippen LogP contribution < -0.4 is 10.1 Å². The summed E-state index contributed by atoms with van der Waals surface area (Å²) in [5.74, 6) is 2.05. The van der Waals surface area contributed by atoms with Crippen LogP contribution in [0.3, 0.4) is 0 Å². The number of carbonyl (C=O) groups is 1. The van der Waals surface area contributed by atoms with Crippen molar-refractivity contribution in [2.24, 2.45) is 0 Å². The van der Waals surface area contributed by atoms with E-state index in [4.69, 9.17) is 34.4 Å². The lowest BCUT2D eigenvalue weighted by molar-refractivity contribution is -0.112. The monoisotopic (exact) mass is 398 g/mol. The molecule has 0 atom stereocenters. The van der Waals surface area contributed by atoms with E-state index in [-0.39, 0.29) is 28.0 Å². The summed E-state index contributed by atoms with van der Waals surface area (Å²) in [5.41, 5.74) is 2.16. The lowest BCUT2D eigenvalue weighted by Crippen LogP contribution is -2.13. The van der Waals surface area contributed by atoms with Crippen molar-refractivity contribution in [2.45, 2.75) is 13.3 Å². The molecule has 1 N–H and O–H groups in total. The number of carbonyl (C=O) groups excluding carboxylic acids is 1. The van der Waals surface area contributed by atoms with Gasteiger partial charge >= 0.3 is 0 Å². The number of hydrogen-bond acceptors (Lipinski definition) is 3. The molecule has 0 aliphatic carbocycles. The van der Waals surface area contributed by atoms with Crippen molar-refractivity contribution in [1.29, 1.82) is 5.26 Å². The van der Waals surface area contributed by atoms with E-state index in [1.165, 1.54) is 6.08 Å². The molecule has 136 valence electrons. The molecule has 0 unspecified atom stereocenters. The van der Waals surface area contributed by atoms with Crippen LogP contribution in [0.25, 0.3) is 6.08 Å². The van der Waals surface area contributed by atoms with E-state index in [1.807, 2.05) is 25.1 Å². The van der Waals surface area contributed by atoms with Crippen LogP contribution in [0, 0.1) is 23.7 Å². The summed E-state index contributed by atoms with van der Waals surface area (Å²) in [4.78, 5) is 12.4. The largest absolute Gasteiger partial charge is 0.478 e. The molecule has 2 aromatic rings. The van der Waals surface area contributed by atoms with Gasteiger partial charge < -0.3 is 10.1 Å². The van der Waals surface area contributed by atoms with Gasteiger partial charge in [-0.2, -0.15) is 5.26 Å². The molecule has 2 rings (SSSR count). The molecular weight excluding hydrogens is 383 g/mol. The van der Waals surface area contributed by atoms with Crippen molar-refractivity contribution in [1.82, 2.24) is 0 Å². The minimum absolute atomic E-state index is 0.0251. The Morgan fingerprint density at radius 3 is 2.41 bits per heavy atom. The summed E-state index contributed by atoms with van der Waals surface area (Å²) >= 11 is 12.3. The topological polar surface area (TPSA) is 62.1 Å². The smallest absolute Gasteiger partial charge is 0.266 e. The van der Waals surface area contributed by atoms with Crippen molar-refractivity contribution >= 4 is 40.9 Å². The summed E-state index contributed by atoms with van der Waals surface area (Å²) in [6.07, 6.45) is 7.46. The predicted octanol–water partition coefficient (Wildman–Crippen LogP) is 5.11. The van der Waals surface area contributed by atoms with Crippen molar-refractivity contribution in [3.8, 4) is 24.2 Å². The lowest BCUT2D eigenvalue weighted by atomic mass is 10.1. The molecule has 6 heteroatoms. The number of nitriles is 1. The Morgan fingerprint density at radius 1 is 1.26 bits per heavy atom. The maximum atomic E-state index is 12.4. The number of anilines is 1. The molecule has 0 aromatic heterocycles. The van der Waals surface area contributed by atoms with Crippen LogP contribution in [0.15, 0.2) is 42.0 Å². The fraction of sp³-hybridized carbons (Fsp3) is 0.143. The third kappa shape index (κ3) is 5.53. The first kappa shape index (κ1) is 20.4. The Labute approximate surface area is 168 Å². The number of benzene rings is 2. The third-order valence-corrected chi connectivity index (χ3v) is 4.18. The molecule has 0 bridgehead atoms. The number of halogens is 2. The van der Waals surface area contributed by atoms with Gasteiger partial charge in [-0.15, -0.1) is 6.42 Å². The molecule has 4 nitrogen and oxygen atoms in total. The summed E-state index contributed by atoms with van der Waals surface area (Å²) in [5, 5.41) is 12.5. The molecule has 0 radical (unpaired) electrons. The second-order valence-corrected chi connectivity index (χ2v) is 6.30. The summed E-state index contributed by atoms with van der Waals surface area (Å²) in [6.45, 7) is 2.07. The molecule has 0 aliphatic rings. The third-order valence-electron chi connectivity index (χ3n) is 3.62. The van der Waals surface area contributed by atoms with Gasteiger partial charge in [-0.1, -0.05) is 48.2 Å². The van der Waals surface area contributed by atoms with Gasteiger partial charge in [0.25, 0.3) is 5.91 Å². The Bertz CT molecular complexity index is 929. The lowest BCUT2D eigenvalue weighted by Gasteiger charge is -2.09. The van der Waals surface area contributed by atoms with E-state index >= 15 is 0 Å². The number of amides is 1. The molecule has 0 fully saturated rings. The minimum Gasteiger partial charge on any atom is -0.478 e. The van der Waals surface area contributed by atoms with E-state index in [9.17, 15) is 10.1 Å². The number of nitrogens with one attached hydrogen (secondary N) is 1. The first-order valence-corrected chi connectivity index (χ1v) is 8.81. The molecule has 0 saturated carbocycles. The van der Waals surface area contributed by atoms with E-state index in [1.54, 1.807) is 24.3 Å². The molecule has 0 spiro atoms. The zero-order valence-electron chi connectivity index (χ0n) is 14.6. The van der Waals surface area contributed by atoms with Crippen molar-refractivity contribution in [2.75, 3.05) is 11.9 Å². The minimum atomic E-state index is -0.526. The number of ether oxygens (including phenoxy) is 1. The van der Waals surface area contributed by atoms with E-state index in [0.29, 0.717) is 11.3 Å². The van der Waals surface area contributed by atoms with Gasteiger partial charge in [-0.25, -0.2) is 0 Å². The van der Waals surface area contributed by atoms with Crippen LogP contribution in [-0.4, -0.2) is 12.5 Å². The van der Waals surface area contributed by atoms with Gasteiger partial charge in [-0.05, 0) is 47.9 Å². The van der Waals surface area contributed by atoms with Crippen LogP contribution >= 0.6 is 23.2 Å². The van der Waals surface area contributed by atoms with Gasteiger partial charge in [0, 0.05) is 5.69 Å². The Kier molecular flexibility index (Phi) is 7.32. The normalized spacial score (nSPS) is 10.6. The number of nitrogens with zero attached hydrogens (tertiary/aromatic N) is 1. The van der Waals surface area contributed by atoms with Crippen molar-refractivity contribution in [3.63, 3.8) is 0 Å². The first-order chi connectivity index (χ1) is 13.0. The van der Waals surface area contributed by atoms with Gasteiger partial charge in [0.2, 0.25) is 0 Å². The standard InChI is InChI=1S/C21H16Cl2N2O2/c1-3-9-27-20-18(22)11-15(12-19(20)23)10-16(13-24)21(26)25-17-7-5-14(4-2)6-8-17/h1,5-8,10-12H,4,9H2,2H3,(H,25,26)/b16-10+. The van der Waals surface area contributed by atoms with Crippen LogP contribution in [0.5, 0.6) is 5.75 Å². The second kappa shape index (κ2) is 9.69. The maximum Gasteiger partial charge on any atom is 0.266 e. The SMILES string of the molecule is C#CCOc1c(Cl)cc(/C=C(\C#N)C(=O)Nc2ccc(CC)cc2)cc1Cl. The highest BCUT2D eigenvalue weighted by atomic mass is 35.5. The van der Waals surface area contributed by atoms with Gasteiger partial charge in [0.1, 0.15) is 18.2 Å². The van der Waals surface area contributed by atoms with Gasteiger partial charge in [0.05, 0.1) is 10.0 Å². The molecule has 1 amide bonds. The zero-order chi connectivity index (χ0) is 19.8. The summed E-state index contributed by atoms with van der Waals surface area (Å²) in [7, 11) is 0. The molecule has 0 aliphatic heterocycles. The average molecular weight is 399 g/mol.